The van der Waals surface area contributed by atoms with Crippen LogP contribution in [0.3, 0.4) is 0 Å². The molecule has 1 saturated heterocycles. The van der Waals surface area contributed by atoms with E-state index in [0.717, 1.165) is 25.7 Å². The van der Waals surface area contributed by atoms with Crippen LogP contribution in [-0.2, 0) is 4.79 Å². The number of carbonyl (C=O) groups is 2. The molecule has 1 atom stereocenters. The molecule has 0 unspecified atom stereocenters. The molecule has 3 rings (SSSR count). The van der Waals surface area contributed by atoms with Gasteiger partial charge in [0.2, 0.25) is 11.9 Å². The highest BCUT2D eigenvalue weighted by Gasteiger charge is 2.43. The van der Waals surface area contributed by atoms with Crippen LogP contribution in [0.2, 0.25) is 0 Å². The Morgan fingerprint density at radius 2 is 2.13 bits per heavy atom. The number of carbonyl (C=O) groups excluding carboxylic acids is 2. The number of likely N-dealkylation sites (N-methyl/N-ethyl adjacent to an activating group) is 1. The van der Waals surface area contributed by atoms with Crippen LogP contribution >= 0.6 is 0 Å². The highest BCUT2D eigenvalue weighted by molar-refractivity contribution is 5.94. The molecule has 0 radical (unpaired) electrons. The molecule has 1 aromatic rings. The highest BCUT2D eigenvalue weighted by Crippen LogP contribution is 2.42. The molecule has 2 amide bonds. The zero-order valence-electron chi connectivity index (χ0n) is 13.6. The normalized spacial score (nSPS) is 22.6. The zero-order valence-corrected chi connectivity index (χ0v) is 13.6. The second kappa shape index (κ2) is 5.91. The van der Waals surface area contributed by atoms with E-state index in [1.807, 2.05) is 18.9 Å². The van der Waals surface area contributed by atoms with Gasteiger partial charge in [0.15, 0.2) is 0 Å². The molecule has 1 saturated carbocycles. The Labute approximate surface area is 135 Å². The van der Waals surface area contributed by atoms with Gasteiger partial charge in [-0.25, -0.2) is 4.98 Å². The van der Waals surface area contributed by atoms with Gasteiger partial charge in [0.25, 0.3) is 5.91 Å². The van der Waals surface area contributed by atoms with Gasteiger partial charge in [0.1, 0.15) is 0 Å². The molecule has 0 spiro atoms. The van der Waals surface area contributed by atoms with Crippen LogP contribution in [0, 0.1) is 11.4 Å². The molecule has 124 valence electrons. The van der Waals surface area contributed by atoms with Crippen molar-refractivity contribution in [1.29, 1.82) is 0 Å². The van der Waals surface area contributed by atoms with Crippen molar-refractivity contribution in [2.24, 2.45) is 5.41 Å². The van der Waals surface area contributed by atoms with Crippen molar-refractivity contribution in [1.82, 2.24) is 14.8 Å². The summed E-state index contributed by atoms with van der Waals surface area (Å²) in [6, 6.07) is 2.69. The summed E-state index contributed by atoms with van der Waals surface area (Å²) in [7, 11) is 1.84. The van der Waals surface area contributed by atoms with Gasteiger partial charge in [-0.2, -0.15) is 4.39 Å². The van der Waals surface area contributed by atoms with Crippen LogP contribution in [-0.4, -0.2) is 52.8 Å². The Hall–Kier alpha value is -1.98. The minimum atomic E-state index is -0.597. The molecule has 1 aliphatic carbocycles. The Balaban J connectivity index is 1.62. The first kappa shape index (κ1) is 15.9. The Kier molecular flexibility index (Phi) is 4.08. The molecule has 0 aromatic carbocycles. The average Bonchev–Trinajstić information content (AvgIpc) is 3.01. The van der Waals surface area contributed by atoms with E-state index in [1.165, 1.54) is 18.3 Å². The number of halogens is 1. The fourth-order valence-electron chi connectivity index (χ4n) is 3.44. The fourth-order valence-corrected chi connectivity index (χ4v) is 3.44. The quantitative estimate of drug-likeness (QED) is 0.802. The monoisotopic (exact) mass is 319 g/mol. The van der Waals surface area contributed by atoms with Gasteiger partial charge < -0.3 is 9.80 Å². The number of likely N-dealkylation sites (tertiary alicyclic amines) is 1. The van der Waals surface area contributed by atoms with Crippen LogP contribution in [0.4, 0.5) is 4.39 Å². The molecule has 6 heteroatoms. The molecule has 1 aromatic heterocycles. The number of pyridine rings is 1. The second-order valence-corrected chi connectivity index (χ2v) is 6.89. The van der Waals surface area contributed by atoms with E-state index in [2.05, 4.69) is 4.98 Å². The number of aromatic nitrogens is 1. The summed E-state index contributed by atoms with van der Waals surface area (Å²) >= 11 is 0. The van der Waals surface area contributed by atoms with Gasteiger partial charge >= 0.3 is 0 Å². The molecular formula is C17H22FN3O2. The summed E-state index contributed by atoms with van der Waals surface area (Å²) in [5.74, 6) is -0.567. The first-order valence-corrected chi connectivity index (χ1v) is 8.09. The molecule has 23 heavy (non-hydrogen) atoms. The van der Waals surface area contributed by atoms with Crippen LogP contribution < -0.4 is 0 Å². The Morgan fingerprint density at radius 1 is 1.39 bits per heavy atom. The van der Waals surface area contributed by atoms with Crippen molar-refractivity contribution >= 4 is 11.8 Å². The SMILES string of the molecule is CN(C(=O)C1(C)CCC1)[C@H]1CCN(C(=O)c2ccc(F)nc2)C1. The predicted octanol–water partition coefficient (Wildman–Crippen LogP) is 2.08. The summed E-state index contributed by atoms with van der Waals surface area (Å²) in [4.78, 5) is 32.1. The van der Waals surface area contributed by atoms with E-state index in [-0.39, 0.29) is 23.3 Å². The summed E-state index contributed by atoms with van der Waals surface area (Å²) < 4.78 is 12.9. The smallest absolute Gasteiger partial charge is 0.255 e. The Bertz CT molecular complexity index is 613. The fraction of sp³-hybridized carbons (Fsp3) is 0.588. The lowest BCUT2D eigenvalue weighted by molar-refractivity contribution is -0.146. The Morgan fingerprint density at radius 3 is 2.70 bits per heavy atom. The second-order valence-electron chi connectivity index (χ2n) is 6.89. The first-order chi connectivity index (χ1) is 10.9. The maximum absolute atomic E-state index is 12.9. The van der Waals surface area contributed by atoms with Gasteiger partial charge in [-0.15, -0.1) is 0 Å². The summed E-state index contributed by atoms with van der Waals surface area (Å²) in [5.41, 5.74) is 0.166. The van der Waals surface area contributed by atoms with Crippen molar-refractivity contribution in [3.63, 3.8) is 0 Å². The van der Waals surface area contributed by atoms with Crippen molar-refractivity contribution in [3.8, 4) is 0 Å². The van der Waals surface area contributed by atoms with E-state index < -0.39 is 5.95 Å². The first-order valence-electron chi connectivity index (χ1n) is 8.09. The zero-order chi connectivity index (χ0) is 16.6. The summed E-state index contributed by atoms with van der Waals surface area (Å²) in [6.07, 6.45) is 5.05. The van der Waals surface area contributed by atoms with Crippen molar-refractivity contribution in [2.45, 2.75) is 38.6 Å². The third-order valence-electron chi connectivity index (χ3n) is 5.27. The van der Waals surface area contributed by atoms with Crippen LogP contribution in [0.5, 0.6) is 0 Å². The lowest BCUT2D eigenvalue weighted by Crippen LogP contribution is -2.49. The number of nitrogens with zero attached hydrogens (tertiary/aromatic N) is 3. The van der Waals surface area contributed by atoms with E-state index >= 15 is 0 Å². The van der Waals surface area contributed by atoms with E-state index in [1.54, 1.807) is 4.90 Å². The van der Waals surface area contributed by atoms with Crippen molar-refractivity contribution in [3.05, 3.63) is 29.8 Å². The molecule has 2 fully saturated rings. The minimum absolute atomic E-state index is 0.0530. The summed E-state index contributed by atoms with van der Waals surface area (Å²) in [5, 5.41) is 0. The van der Waals surface area contributed by atoms with Gasteiger partial charge in [0, 0.05) is 31.7 Å². The van der Waals surface area contributed by atoms with Gasteiger partial charge in [-0.1, -0.05) is 13.3 Å². The van der Waals surface area contributed by atoms with Gasteiger partial charge in [-0.3, -0.25) is 9.59 Å². The van der Waals surface area contributed by atoms with E-state index in [9.17, 15) is 14.0 Å². The standard InChI is InChI=1S/C17H22FN3O2/c1-17(7-3-8-17)16(23)20(2)13-6-9-21(11-13)15(22)12-4-5-14(18)19-10-12/h4-5,10,13H,3,6-9,11H2,1-2H3/t13-/m0/s1. The predicted molar refractivity (Wildman–Crippen MR) is 83.2 cm³/mol. The number of rotatable bonds is 3. The highest BCUT2D eigenvalue weighted by atomic mass is 19.1. The maximum Gasteiger partial charge on any atom is 0.255 e. The molecular weight excluding hydrogens is 297 g/mol. The summed E-state index contributed by atoms with van der Waals surface area (Å²) in [6.45, 7) is 3.15. The number of hydrogen-bond acceptors (Lipinski definition) is 3. The third kappa shape index (κ3) is 2.94. The minimum Gasteiger partial charge on any atom is -0.340 e. The topological polar surface area (TPSA) is 53.5 Å². The van der Waals surface area contributed by atoms with Crippen LogP contribution in [0.1, 0.15) is 43.0 Å². The lowest BCUT2D eigenvalue weighted by Gasteiger charge is -2.41. The van der Waals surface area contributed by atoms with Crippen molar-refractivity contribution < 1.29 is 14.0 Å². The molecule has 1 aliphatic heterocycles. The maximum atomic E-state index is 12.9. The molecule has 0 N–H and O–H groups in total. The average molecular weight is 319 g/mol. The third-order valence-corrected chi connectivity index (χ3v) is 5.27. The molecule has 2 aliphatic rings. The molecule has 2 heterocycles. The number of hydrogen-bond donors (Lipinski definition) is 0. The van der Waals surface area contributed by atoms with E-state index in [4.69, 9.17) is 0 Å². The number of amides is 2. The lowest BCUT2D eigenvalue weighted by atomic mass is 9.69. The molecule has 0 bridgehead atoms. The van der Waals surface area contributed by atoms with Crippen molar-refractivity contribution in [2.75, 3.05) is 20.1 Å². The van der Waals surface area contributed by atoms with Crippen LogP contribution in [0.15, 0.2) is 18.3 Å². The van der Waals surface area contributed by atoms with E-state index in [0.29, 0.717) is 18.7 Å². The van der Waals surface area contributed by atoms with Crippen LogP contribution in [0.25, 0.3) is 0 Å². The van der Waals surface area contributed by atoms with Gasteiger partial charge in [0.05, 0.1) is 11.6 Å². The largest absolute Gasteiger partial charge is 0.340 e. The van der Waals surface area contributed by atoms with Gasteiger partial charge in [-0.05, 0) is 31.4 Å². The molecule has 5 nitrogen and oxygen atoms in total.